The third-order valence-corrected chi connectivity index (χ3v) is 4.87. The number of guanidine groups is 1. The smallest absolute Gasteiger partial charge is 0.191 e. The summed E-state index contributed by atoms with van der Waals surface area (Å²) in [5.41, 5.74) is 3.45. The second kappa shape index (κ2) is 12.8. The van der Waals surface area contributed by atoms with Gasteiger partial charge < -0.3 is 20.1 Å². The molecule has 0 aliphatic carbocycles. The molecular weight excluding hydrogens is 493 g/mol. The summed E-state index contributed by atoms with van der Waals surface area (Å²) in [4.78, 5) is 4.75. The molecule has 1 aliphatic rings. The Morgan fingerprint density at radius 1 is 1.30 bits per heavy atom. The monoisotopic (exact) mass is 527 g/mol. The number of nitrogens with zero attached hydrogens (tertiary/aromatic N) is 3. The van der Waals surface area contributed by atoms with Crippen molar-refractivity contribution in [2.45, 2.75) is 40.3 Å². The molecule has 1 aromatic heterocycles. The Kier molecular flexibility index (Phi) is 10.4. The van der Waals surface area contributed by atoms with Crippen LogP contribution in [-0.4, -0.2) is 48.7 Å². The van der Waals surface area contributed by atoms with Crippen LogP contribution in [0.3, 0.4) is 0 Å². The lowest BCUT2D eigenvalue weighted by Gasteiger charge is -2.15. The molecule has 2 heterocycles. The van der Waals surface area contributed by atoms with E-state index in [1.807, 2.05) is 24.0 Å². The fourth-order valence-corrected chi connectivity index (χ4v) is 3.23. The van der Waals surface area contributed by atoms with E-state index >= 15 is 0 Å². The number of aromatic nitrogens is 2. The second-order valence-electron chi connectivity index (χ2n) is 7.55. The molecule has 166 valence electrons. The van der Waals surface area contributed by atoms with E-state index in [0.717, 1.165) is 56.5 Å². The van der Waals surface area contributed by atoms with Crippen LogP contribution in [0.1, 0.15) is 30.0 Å². The van der Waals surface area contributed by atoms with Gasteiger partial charge in [0, 0.05) is 37.4 Å². The van der Waals surface area contributed by atoms with Gasteiger partial charge in [0.25, 0.3) is 0 Å². The first-order valence-corrected chi connectivity index (χ1v) is 10.5. The standard InChI is InChI=1S/C22H33N5O2.HI/c1-4-23-22(24-8-9-27-14-18(3)12-26-27)25-13-20-6-5-17(2)11-21(20)29-16-19-7-10-28-15-19;/h5-6,11-12,14,19H,4,7-10,13,15-16H2,1-3H3,(H2,23,24,25);1H. The van der Waals surface area contributed by atoms with Crippen molar-refractivity contribution in [1.82, 2.24) is 20.4 Å². The molecule has 2 aromatic rings. The van der Waals surface area contributed by atoms with Crippen LogP contribution in [-0.2, 0) is 17.8 Å². The SMILES string of the molecule is CCNC(=NCc1ccc(C)cc1OCC1CCOC1)NCCn1cc(C)cn1.I. The summed E-state index contributed by atoms with van der Waals surface area (Å²) >= 11 is 0. The molecule has 0 radical (unpaired) electrons. The number of benzene rings is 1. The number of hydrogen-bond donors (Lipinski definition) is 2. The van der Waals surface area contributed by atoms with Gasteiger partial charge in [0.1, 0.15) is 5.75 Å². The van der Waals surface area contributed by atoms with Crippen LogP contribution in [0, 0.1) is 19.8 Å². The highest BCUT2D eigenvalue weighted by Crippen LogP contribution is 2.23. The Morgan fingerprint density at radius 2 is 2.17 bits per heavy atom. The minimum absolute atomic E-state index is 0. The van der Waals surface area contributed by atoms with Gasteiger partial charge in [0.2, 0.25) is 0 Å². The van der Waals surface area contributed by atoms with Gasteiger partial charge in [-0.1, -0.05) is 12.1 Å². The predicted molar refractivity (Wildman–Crippen MR) is 131 cm³/mol. The average molecular weight is 527 g/mol. The molecule has 8 heteroatoms. The molecule has 0 amide bonds. The van der Waals surface area contributed by atoms with Gasteiger partial charge in [-0.05, 0) is 44.4 Å². The van der Waals surface area contributed by atoms with Crippen molar-refractivity contribution in [3.63, 3.8) is 0 Å². The molecule has 1 fully saturated rings. The fourth-order valence-electron chi connectivity index (χ4n) is 3.23. The summed E-state index contributed by atoms with van der Waals surface area (Å²) in [7, 11) is 0. The Balaban J connectivity index is 0.00000320. The van der Waals surface area contributed by atoms with Crippen LogP contribution >= 0.6 is 24.0 Å². The van der Waals surface area contributed by atoms with Gasteiger partial charge in [-0.25, -0.2) is 4.99 Å². The van der Waals surface area contributed by atoms with E-state index in [4.69, 9.17) is 14.5 Å². The second-order valence-corrected chi connectivity index (χ2v) is 7.55. The highest BCUT2D eigenvalue weighted by molar-refractivity contribution is 14.0. The average Bonchev–Trinajstić information content (AvgIpc) is 3.37. The van der Waals surface area contributed by atoms with E-state index in [1.165, 1.54) is 11.1 Å². The van der Waals surface area contributed by atoms with Gasteiger partial charge in [-0.15, -0.1) is 24.0 Å². The van der Waals surface area contributed by atoms with E-state index in [0.29, 0.717) is 19.1 Å². The van der Waals surface area contributed by atoms with E-state index in [-0.39, 0.29) is 24.0 Å². The Hall–Kier alpha value is -1.81. The minimum atomic E-state index is 0. The predicted octanol–water partition coefficient (Wildman–Crippen LogP) is 3.29. The van der Waals surface area contributed by atoms with Gasteiger partial charge in [-0.3, -0.25) is 4.68 Å². The van der Waals surface area contributed by atoms with Crippen LogP contribution in [0.4, 0.5) is 0 Å². The van der Waals surface area contributed by atoms with Crippen molar-refractivity contribution in [2.75, 3.05) is 32.9 Å². The molecule has 7 nitrogen and oxygen atoms in total. The molecule has 0 bridgehead atoms. The van der Waals surface area contributed by atoms with Crippen molar-refractivity contribution in [1.29, 1.82) is 0 Å². The molecule has 1 aromatic carbocycles. The highest BCUT2D eigenvalue weighted by Gasteiger charge is 2.17. The molecule has 2 N–H and O–H groups in total. The molecule has 0 spiro atoms. The largest absolute Gasteiger partial charge is 0.493 e. The summed E-state index contributed by atoms with van der Waals surface area (Å²) < 4.78 is 13.5. The number of rotatable bonds is 9. The quantitative estimate of drug-likeness (QED) is 0.298. The lowest BCUT2D eigenvalue weighted by atomic mass is 10.1. The molecule has 1 aliphatic heterocycles. The van der Waals surface area contributed by atoms with Gasteiger partial charge in [0.05, 0.1) is 32.5 Å². The van der Waals surface area contributed by atoms with E-state index in [1.54, 1.807) is 0 Å². The summed E-state index contributed by atoms with van der Waals surface area (Å²) in [6, 6.07) is 6.31. The van der Waals surface area contributed by atoms with E-state index < -0.39 is 0 Å². The summed E-state index contributed by atoms with van der Waals surface area (Å²) in [5, 5.41) is 11.0. The topological polar surface area (TPSA) is 72.7 Å². The molecule has 30 heavy (non-hydrogen) atoms. The maximum atomic E-state index is 6.13. The van der Waals surface area contributed by atoms with Crippen molar-refractivity contribution >= 4 is 29.9 Å². The first-order chi connectivity index (χ1) is 14.1. The normalized spacial score (nSPS) is 16.2. The first-order valence-electron chi connectivity index (χ1n) is 10.5. The summed E-state index contributed by atoms with van der Waals surface area (Å²) in [6.45, 7) is 11.5. The van der Waals surface area contributed by atoms with Gasteiger partial charge >= 0.3 is 0 Å². The minimum Gasteiger partial charge on any atom is -0.493 e. The highest BCUT2D eigenvalue weighted by atomic mass is 127. The fraction of sp³-hybridized carbons (Fsp3) is 0.545. The Bertz CT molecular complexity index is 803. The van der Waals surface area contributed by atoms with Crippen molar-refractivity contribution in [3.05, 3.63) is 47.3 Å². The molecule has 1 atom stereocenters. The zero-order chi connectivity index (χ0) is 20.5. The van der Waals surface area contributed by atoms with Crippen LogP contribution < -0.4 is 15.4 Å². The van der Waals surface area contributed by atoms with E-state index in [2.05, 4.69) is 47.8 Å². The van der Waals surface area contributed by atoms with Crippen LogP contribution in [0.15, 0.2) is 35.6 Å². The maximum Gasteiger partial charge on any atom is 0.191 e. The van der Waals surface area contributed by atoms with Crippen molar-refractivity contribution in [3.8, 4) is 5.75 Å². The summed E-state index contributed by atoms with van der Waals surface area (Å²) in [5.74, 6) is 2.20. The molecule has 0 saturated carbocycles. The molecular formula is C22H34IN5O2. The van der Waals surface area contributed by atoms with E-state index in [9.17, 15) is 0 Å². The molecule has 1 saturated heterocycles. The van der Waals surface area contributed by atoms with Crippen LogP contribution in [0.5, 0.6) is 5.75 Å². The summed E-state index contributed by atoms with van der Waals surface area (Å²) in [6.07, 6.45) is 4.98. The zero-order valence-corrected chi connectivity index (χ0v) is 20.5. The third-order valence-electron chi connectivity index (χ3n) is 4.87. The van der Waals surface area contributed by atoms with Gasteiger partial charge in [-0.2, -0.15) is 5.10 Å². The lowest BCUT2D eigenvalue weighted by Crippen LogP contribution is -2.38. The number of aliphatic imine (C=N–C) groups is 1. The Morgan fingerprint density at radius 3 is 2.87 bits per heavy atom. The van der Waals surface area contributed by atoms with Gasteiger partial charge in [0.15, 0.2) is 5.96 Å². The number of hydrogen-bond acceptors (Lipinski definition) is 4. The van der Waals surface area contributed by atoms with Crippen LogP contribution in [0.2, 0.25) is 0 Å². The number of nitrogens with one attached hydrogen (secondary N) is 2. The maximum absolute atomic E-state index is 6.13. The van der Waals surface area contributed by atoms with Crippen molar-refractivity contribution in [2.24, 2.45) is 10.9 Å². The molecule has 1 unspecified atom stereocenters. The van der Waals surface area contributed by atoms with Crippen LogP contribution in [0.25, 0.3) is 0 Å². The molecule has 3 rings (SSSR count). The number of ether oxygens (including phenoxy) is 2. The third kappa shape index (κ3) is 7.79. The first kappa shape index (κ1) is 24.5. The number of halogens is 1. The number of aryl methyl sites for hydroxylation is 2. The Labute approximate surface area is 196 Å². The zero-order valence-electron chi connectivity index (χ0n) is 18.2. The van der Waals surface area contributed by atoms with Crippen molar-refractivity contribution < 1.29 is 9.47 Å². The lowest BCUT2D eigenvalue weighted by molar-refractivity contribution is 0.166.